The maximum atomic E-state index is 13.6. The predicted molar refractivity (Wildman–Crippen MR) is 109 cm³/mol. The first-order valence-corrected chi connectivity index (χ1v) is 10.2. The van der Waals surface area contributed by atoms with Crippen LogP contribution in [0.25, 0.3) is 6.08 Å². The molecule has 0 spiro atoms. The van der Waals surface area contributed by atoms with E-state index in [4.69, 9.17) is 14.2 Å². The van der Waals surface area contributed by atoms with Crippen LogP contribution in [0.2, 0.25) is 0 Å². The molecule has 1 aliphatic carbocycles. The lowest BCUT2D eigenvalue weighted by atomic mass is 9.84. The molecule has 0 N–H and O–H groups in total. The van der Waals surface area contributed by atoms with Crippen LogP contribution in [0.3, 0.4) is 0 Å². The number of benzene rings is 1. The van der Waals surface area contributed by atoms with Gasteiger partial charge < -0.3 is 14.2 Å². The Balaban J connectivity index is 1.38. The zero-order valence-electron chi connectivity index (χ0n) is 16.9. The van der Waals surface area contributed by atoms with E-state index in [1.807, 2.05) is 6.92 Å². The highest BCUT2D eigenvalue weighted by Gasteiger charge is 2.61. The quantitative estimate of drug-likeness (QED) is 0.322. The van der Waals surface area contributed by atoms with Crippen LogP contribution in [0.4, 0.5) is 4.39 Å². The van der Waals surface area contributed by atoms with Gasteiger partial charge in [-0.05, 0) is 50.3 Å². The van der Waals surface area contributed by atoms with Crippen LogP contribution in [0, 0.1) is 11.7 Å². The van der Waals surface area contributed by atoms with E-state index in [1.54, 1.807) is 18.2 Å². The van der Waals surface area contributed by atoms with Gasteiger partial charge in [-0.2, -0.15) is 0 Å². The van der Waals surface area contributed by atoms with Crippen LogP contribution in [0.5, 0.6) is 0 Å². The number of ether oxygens (including phenoxy) is 3. The maximum Gasteiger partial charge on any atom is 0.334 e. The van der Waals surface area contributed by atoms with Crippen molar-refractivity contribution in [3.8, 4) is 0 Å². The molecule has 3 aliphatic rings. The summed E-state index contributed by atoms with van der Waals surface area (Å²) in [6.45, 7) is 6.09. The lowest BCUT2D eigenvalue weighted by Crippen LogP contribution is -2.29. The summed E-state index contributed by atoms with van der Waals surface area (Å²) in [5.74, 6) is -1.37. The molecule has 1 aromatic rings. The Hall–Kier alpha value is -2.73. The second kappa shape index (κ2) is 8.19. The highest BCUT2D eigenvalue weighted by molar-refractivity contribution is 5.91. The molecule has 158 valence electrons. The Morgan fingerprint density at radius 1 is 1.40 bits per heavy atom. The molecule has 2 heterocycles. The largest absolute Gasteiger partial charge is 0.458 e. The summed E-state index contributed by atoms with van der Waals surface area (Å²) >= 11 is 0. The fraction of sp³-hybridized carbons (Fsp3) is 0.417. The smallest absolute Gasteiger partial charge is 0.334 e. The molecule has 2 aliphatic heterocycles. The Labute approximate surface area is 175 Å². The molecular weight excluding hydrogens is 387 g/mol. The Morgan fingerprint density at radius 2 is 2.20 bits per heavy atom. The molecule has 2 fully saturated rings. The third kappa shape index (κ3) is 4.24. The first-order chi connectivity index (χ1) is 14.4. The van der Waals surface area contributed by atoms with Crippen molar-refractivity contribution in [1.82, 2.24) is 0 Å². The normalized spacial score (nSPS) is 32.6. The number of halogens is 1. The summed E-state index contributed by atoms with van der Waals surface area (Å²) in [6.07, 6.45) is 7.28. The zero-order chi connectivity index (χ0) is 21.3. The Kier molecular flexibility index (Phi) is 5.60. The van der Waals surface area contributed by atoms with Gasteiger partial charge in [0, 0.05) is 23.1 Å². The number of esters is 2. The number of hydrogen-bond donors (Lipinski definition) is 0. The lowest BCUT2D eigenvalue weighted by Gasteiger charge is -2.20. The van der Waals surface area contributed by atoms with E-state index in [0.29, 0.717) is 24.0 Å². The van der Waals surface area contributed by atoms with Crippen molar-refractivity contribution in [1.29, 1.82) is 0 Å². The van der Waals surface area contributed by atoms with Crippen LogP contribution in [-0.2, 0) is 23.8 Å². The minimum atomic E-state index is -0.532. The topological polar surface area (TPSA) is 65.1 Å². The molecule has 1 aromatic carbocycles. The maximum absolute atomic E-state index is 13.6. The second-order valence-corrected chi connectivity index (χ2v) is 8.26. The highest BCUT2D eigenvalue weighted by atomic mass is 19.1. The van der Waals surface area contributed by atoms with Gasteiger partial charge in [0.05, 0.1) is 5.60 Å². The van der Waals surface area contributed by atoms with Gasteiger partial charge in [0.15, 0.2) is 0 Å². The number of allylic oxidation sites excluding steroid dienone is 1. The summed E-state index contributed by atoms with van der Waals surface area (Å²) in [6, 6.07) is 6.22. The van der Waals surface area contributed by atoms with Crippen molar-refractivity contribution in [2.45, 2.75) is 50.4 Å². The zero-order valence-corrected chi connectivity index (χ0v) is 16.9. The number of epoxide rings is 1. The summed E-state index contributed by atoms with van der Waals surface area (Å²) in [5.41, 5.74) is 1.50. The highest BCUT2D eigenvalue weighted by Crippen LogP contribution is 2.49. The molecule has 0 unspecified atom stereocenters. The average Bonchev–Trinajstić information content (AvgIpc) is 3.31. The van der Waals surface area contributed by atoms with Gasteiger partial charge in [-0.15, -0.1) is 0 Å². The summed E-state index contributed by atoms with van der Waals surface area (Å²) in [4.78, 5) is 24.1. The fourth-order valence-corrected chi connectivity index (χ4v) is 4.23. The van der Waals surface area contributed by atoms with E-state index in [0.717, 1.165) is 18.4 Å². The molecular formula is C24H25FO5. The van der Waals surface area contributed by atoms with Crippen molar-refractivity contribution >= 4 is 18.0 Å². The van der Waals surface area contributed by atoms with Gasteiger partial charge in [0.25, 0.3) is 0 Å². The van der Waals surface area contributed by atoms with Gasteiger partial charge in [0.2, 0.25) is 0 Å². The first-order valence-electron chi connectivity index (χ1n) is 10.2. The van der Waals surface area contributed by atoms with Gasteiger partial charge in [-0.25, -0.2) is 14.0 Å². The summed E-state index contributed by atoms with van der Waals surface area (Å²) in [7, 11) is 0. The van der Waals surface area contributed by atoms with Crippen molar-refractivity contribution in [3.05, 3.63) is 65.5 Å². The van der Waals surface area contributed by atoms with Crippen LogP contribution < -0.4 is 0 Å². The van der Waals surface area contributed by atoms with E-state index < -0.39 is 11.8 Å². The Bertz CT molecular complexity index is 933. The molecule has 0 saturated carbocycles. The number of carbonyl (C=O) groups is 2. The first kappa shape index (κ1) is 20.5. The third-order valence-corrected chi connectivity index (χ3v) is 6.14. The monoisotopic (exact) mass is 412 g/mol. The van der Waals surface area contributed by atoms with Gasteiger partial charge >= 0.3 is 11.9 Å². The molecule has 30 heavy (non-hydrogen) atoms. The summed E-state index contributed by atoms with van der Waals surface area (Å²) < 4.78 is 30.4. The van der Waals surface area contributed by atoms with E-state index >= 15 is 0 Å². The van der Waals surface area contributed by atoms with Crippen molar-refractivity contribution in [2.24, 2.45) is 5.92 Å². The van der Waals surface area contributed by atoms with E-state index in [9.17, 15) is 14.0 Å². The van der Waals surface area contributed by atoms with Crippen LogP contribution in [0.1, 0.15) is 38.2 Å². The van der Waals surface area contributed by atoms with Crippen molar-refractivity contribution in [3.63, 3.8) is 0 Å². The number of carbonyl (C=O) groups excluding carboxylic acids is 2. The molecule has 5 nitrogen and oxygen atoms in total. The standard InChI is InChI=1S/C24H25FO5/c1-15-18-11-9-16(6-5-13-24(2)22(30-24)21(18)29-23(15)27)14-28-20(26)12-10-17-7-3-4-8-19(17)25/h3-4,6-8,10,12,18,21-22H,1,5,9,11,13-14H2,2H3/b12-10+,16-6+/t18-,21-,22-,24+/m0/s1. The van der Waals surface area contributed by atoms with E-state index in [2.05, 4.69) is 12.7 Å². The van der Waals surface area contributed by atoms with Gasteiger partial charge in [0.1, 0.15) is 24.6 Å². The molecule has 0 radical (unpaired) electrons. The minimum absolute atomic E-state index is 0.0815. The van der Waals surface area contributed by atoms with Crippen LogP contribution in [-0.4, -0.2) is 36.4 Å². The van der Waals surface area contributed by atoms with Crippen LogP contribution >= 0.6 is 0 Å². The Morgan fingerprint density at radius 3 is 3.00 bits per heavy atom. The SMILES string of the molecule is C=C1C(=O)O[C@H]2[C@H]1CC/C(COC(=O)/C=C/c1ccccc1F)=C\CC[C@@]1(C)O[C@@H]21. The molecule has 6 heteroatoms. The molecule has 0 amide bonds. The fourth-order valence-electron chi connectivity index (χ4n) is 4.23. The minimum Gasteiger partial charge on any atom is -0.458 e. The summed E-state index contributed by atoms with van der Waals surface area (Å²) in [5, 5.41) is 0. The number of rotatable bonds is 4. The predicted octanol–water partition coefficient (Wildman–Crippen LogP) is 4.14. The lowest BCUT2D eigenvalue weighted by molar-refractivity contribution is -0.140. The van der Waals surface area contributed by atoms with E-state index in [-0.39, 0.29) is 36.3 Å². The molecule has 4 rings (SSSR count). The van der Waals surface area contributed by atoms with Gasteiger partial charge in [-0.3, -0.25) is 0 Å². The average molecular weight is 412 g/mol. The molecule has 0 aromatic heterocycles. The number of fused-ring (bicyclic) bond motifs is 3. The molecule has 4 atom stereocenters. The van der Waals surface area contributed by atoms with Crippen molar-refractivity contribution < 1.29 is 28.2 Å². The van der Waals surface area contributed by atoms with Gasteiger partial charge in [-0.1, -0.05) is 30.9 Å². The van der Waals surface area contributed by atoms with Crippen LogP contribution in [0.15, 0.2) is 54.1 Å². The second-order valence-electron chi connectivity index (χ2n) is 8.26. The number of hydrogen-bond acceptors (Lipinski definition) is 5. The third-order valence-electron chi connectivity index (χ3n) is 6.14. The van der Waals surface area contributed by atoms with Crippen molar-refractivity contribution in [2.75, 3.05) is 6.61 Å². The molecule has 0 bridgehead atoms. The van der Waals surface area contributed by atoms with E-state index in [1.165, 1.54) is 18.2 Å². The molecule has 2 saturated heterocycles.